The van der Waals surface area contributed by atoms with Crippen LogP contribution in [0, 0.1) is 5.92 Å². The molecule has 4 rings (SSSR count). The highest BCUT2D eigenvalue weighted by atomic mass is 35.5. The van der Waals surface area contributed by atoms with Crippen molar-refractivity contribution in [2.45, 2.75) is 52.6 Å². The van der Waals surface area contributed by atoms with E-state index in [1.54, 1.807) is 4.90 Å². The molecular formula is C26H30ClN3O3S. The molecule has 1 aliphatic rings. The maximum absolute atomic E-state index is 11.7. The topological polar surface area (TPSA) is 75.6 Å². The third-order valence-corrected chi connectivity index (χ3v) is 7.23. The van der Waals surface area contributed by atoms with Crippen molar-refractivity contribution < 1.29 is 14.6 Å². The molecule has 1 aromatic heterocycles. The van der Waals surface area contributed by atoms with Gasteiger partial charge in [0.25, 0.3) is 0 Å². The fourth-order valence-electron chi connectivity index (χ4n) is 4.45. The Hall–Kier alpha value is -2.64. The Bertz CT molecular complexity index is 1180. The predicted molar refractivity (Wildman–Crippen MR) is 137 cm³/mol. The molecule has 2 aromatic carbocycles. The highest BCUT2D eigenvalue weighted by Gasteiger charge is 2.27. The molecule has 1 aliphatic heterocycles. The van der Waals surface area contributed by atoms with Gasteiger partial charge in [-0.05, 0) is 68.0 Å². The second-order valence-electron chi connectivity index (χ2n) is 9.44. The average Bonchev–Trinajstić information content (AvgIpc) is 3.19. The first-order chi connectivity index (χ1) is 16.2. The summed E-state index contributed by atoms with van der Waals surface area (Å²) >= 11 is 7.93. The van der Waals surface area contributed by atoms with Crippen LogP contribution in [0.3, 0.4) is 0 Å². The molecule has 6 nitrogen and oxygen atoms in total. The highest BCUT2D eigenvalue weighted by molar-refractivity contribution is 7.17. The molecule has 1 N–H and O–H groups in total. The number of carboxylic acid groups (broad SMARTS) is 1. The van der Waals surface area contributed by atoms with Crippen LogP contribution >= 0.6 is 22.9 Å². The number of rotatable bonds is 6. The van der Waals surface area contributed by atoms with Crippen LogP contribution in [0.15, 0.2) is 36.4 Å². The minimum absolute atomic E-state index is 0.0485. The Balaban J connectivity index is 1.61. The number of aromatic nitrogens is 2. The minimum Gasteiger partial charge on any atom is -0.489 e. The lowest BCUT2D eigenvalue weighted by Gasteiger charge is -2.24. The van der Waals surface area contributed by atoms with Crippen molar-refractivity contribution in [3.05, 3.63) is 52.5 Å². The van der Waals surface area contributed by atoms with E-state index < -0.39 is 6.09 Å². The van der Waals surface area contributed by atoms with Crippen molar-refractivity contribution >= 4 is 29.0 Å². The van der Waals surface area contributed by atoms with Crippen molar-refractivity contribution in [2.75, 3.05) is 13.1 Å². The molecule has 0 saturated heterocycles. The highest BCUT2D eigenvalue weighted by Crippen LogP contribution is 2.37. The molecule has 0 radical (unpaired) electrons. The second-order valence-corrected chi connectivity index (χ2v) is 10.8. The van der Waals surface area contributed by atoms with Gasteiger partial charge in [0.2, 0.25) is 0 Å². The van der Waals surface area contributed by atoms with Crippen LogP contribution in [0.25, 0.3) is 21.1 Å². The van der Waals surface area contributed by atoms with Crippen LogP contribution in [0.1, 0.15) is 51.2 Å². The number of halogens is 1. The van der Waals surface area contributed by atoms with Crippen LogP contribution in [0.5, 0.6) is 5.75 Å². The van der Waals surface area contributed by atoms with Gasteiger partial charge in [-0.2, -0.15) is 0 Å². The summed E-state index contributed by atoms with van der Waals surface area (Å²) in [6.07, 6.45) is 0.852. The Morgan fingerprint density at radius 1 is 1.15 bits per heavy atom. The number of fused-ring (bicyclic) bond motifs is 1. The summed E-state index contributed by atoms with van der Waals surface area (Å²) in [6, 6.07) is 12.1. The quantitative estimate of drug-likeness (QED) is 0.396. The third-order valence-electron chi connectivity index (χ3n) is 5.91. The smallest absolute Gasteiger partial charge is 0.407 e. The van der Waals surface area contributed by atoms with Crippen molar-refractivity contribution in [1.82, 2.24) is 15.1 Å². The maximum Gasteiger partial charge on any atom is 0.407 e. The number of ether oxygens (including phenoxy) is 1. The Morgan fingerprint density at radius 3 is 2.44 bits per heavy atom. The summed E-state index contributed by atoms with van der Waals surface area (Å²) in [5.74, 6) is 1.34. The van der Waals surface area contributed by atoms with Gasteiger partial charge in [0.05, 0.1) is 11.1 Å². The molecule has 0 spiro atoms. The molecule has 1 amide bonds. The summed E-state index contributed by atoms with van der Waals surface area (Å²) in [4.78, 5) is 13.3. The maximum atomic E-state index is 11.7. The van der Waals surface area contributed by atoms with Gasteiger partial charge in [-0.15, -0.1) is 10.2 Å². The Labute approximate surface area is 209 Å². The molecule has 8 heteroatoms. The largest absolute Gasteiger partial charge is 0.489 e. The fraction of sp³-hybridized carbons (Fsp3) is 0.423. The summed E-state index contributed by atoms with van der Waals surface area (Å²) < 4.78 is 5.72. The van der Waals surface area contributed by atoms with Crippen LogP contribution < -0.4 is 4.74 Å². The normalized spacial score (nSPS) is 16.0. The van der Waals surface area contributed by atoms with E-state index in [1.807, 2.05) is 32.0 Å². The van der Waals surface area contributed by atoms with Gasteiger partial charge in [-0.25, -0.2) is 4.79 Å². The van der Waals surface area contributed by atoms with E-state index in [9.17, 15) is 9.90 Å². The van der Waals surface area contributed by atoms with Gasteiger partial charge in [0.15, 0.2) is 0 Å². The zero-order valence-corrected chi connectivity index (χ0v) is 21.5. The predicted octanol–water partition coefficient (Wildman–Crippen LogP) is 6.98. The van der Waals surface area contributed by atoms with Crippen LogP contribution in [0.2, 0.25) is 5.02 Å². The number of hydrogen-bond acceptors (Lipinski definition) is 5. The number of carbonyl (C=O) groups is 1. The van der Waals surface area contributed by atoms with Crippen LogP contribution in [-0.2, 0) is 6.42 Å². The van der Waals surface area contributed by atoms with Gasteiger partial charge < -0.3 is 14.7 Å². The third kappa shape index (κ3) is 5.53. The van der Waals surface area contributed by atoms with Gasteiger partial charge in [0.1, 0.15) is 15.8 Å². The van der Waals surface area contributed by atoms with Gasteiger partial charge in [-0.1, -0.05) is 48.9 Å². The summed E-state index contributed by atoms with van der Waals surface area (Å²) in [7, 11) is 0. The molecule has 0 bridgehead atoms. The summed E-state index contributed by atoms with van der Waals surface area (Å²) in [5.41, 5.74) is 4.34. The van der Waals surface area contributed by atoms with Crippen molar-refractivity contribution in [3.8, 4) is 26.9 Å². The standard InChI is InChI=1S/C26H30ClN3O3S/c1-15(2)11-20-14-30(26(31)32)10-9-17-12-18(5-7-21(17)20)24-28-29-25(34-24)19-6-8-23(22(27)13-19)33-16(3)4/h5-8,12-13,15-16,20H,9-11,14H2,1-4H3,(H,31,32). The minimum atomic E-state index is -0.848. The van der Waals surface area contributed by atoms with E-state index in [-0.39, 0.29) is 12.0 Å². The molecule has 0 fully saturated rings. The summed E-state index contributed by atoms with van der Waals surface area (Å²) in [6.45, 7) is 9.34. The molecule has 34 heavy (non-hydrogen) atoms. The first kappa shape index (κ1) is 24.5. The number of benzene rings is 2. The molecule has 2 heterocycles. The first-order valence-electron chi connectivity index (χ1n) is 11.6. The van der Waals surface area contributed by atoms with Gasteiger partial charge in [0, 0.05) is 30.1 Å². The lowest BCUT2D eigenvalue weighted by Crippen LogP contribution is -2.33. The molecular weight excluding hydrogens is 470 g/mol. The molecule has 1 unspecified atom stereocenters. The zero-order valence-electron chi connectivity index (χ0n) is 19.9. The lowest BCUT2D eigenvalue weighted by molar-refractivity contribution is 0.142. The van der Waals surface area contributed by atoms with Gasteiger partial charge in [-0.3, -0.25) is 0 Å². The molecule has 180 valence electrons. The average molecular weight is 500 g/mol. The molecule has 1 atom stereocenters. The Kier molecular flexibility index (Phi) is 7.43. The van der Waals surface area contributed by atoms with Crippen molar-refractivity contribution in [2.24, 2.45) is 5.92 Å². The lowest BCUT2D eigenvalue weighted by atomic mass is 9.86. The zero-order chi connectivity index (χ0) is 24.4. The van der Waals surface area contributed by atoms with Crippen LogP contribution in [-0.4, -0.2) is 45.5 Å². The van der Waals surface area contributed by atoms with Gasteiger partial charge >= 0.3 is 6.09 Å². The SMILES string of the molecule is CC(C)CC1CN(C(=O)O)CCc2cc(-c3nnc(-c4ccc(OC(C)C)c(Cl)c4)s3)ccc21. The van der Waals surface area contributed by atoms with E-state index in [1.165, 1.54) is 22.5 Å². The monoisotopic (exact) mass is 499 g/mol. The van der Waals surface area contributed by atoms with E-state index in [4.69, 9.17) is 16.3 Å². The summed E-state index contributed by atoms with van der Waals surface area (Å²) in [5, 5.41) is 20.6. The Morgan fingerprint density at radius 2 is 1.82 bits per heavy atom. The van der Waals surface area contributed by atoms with E-state index in [0.717, 1.165) is 27.6 Å². The number of nitrogens with zero attached hydrogens (tertiary/aromatic N) is 3. The van der Waals surface area contributed by atoms with E-state index in [2.05, 4.69) is 42.2 Å². The van der Waals surface area contributed by atoms with E-state index in [0.29, 0.717) is 36.2 Å². The fourth-order valence-corrected chi connectivity index (χ4v) is 5.51. The molecule has 3 aromatic rings. The number of amides is 1. The molecule has 0 saturated carbocycles. The second kappa shape index (κ2) is 10.3. The van der Waals surface area contributed by atoms with Crippen LogP contribution in [0.4, 0.5) is 4.79 Å². The van der Waals surface area contributed by atoms with Crippen molar-refractivity contribution in [3.63, 3.8) is 0 Å². The van der Waals surface area contributed by atoms with Crippen molar-refractivity contribution in [1.29, 1.82) is 0 Å². The first-order valence-corrected chi connectivity index (χ1v) is 12.8. The molecule has 0 aliphatic carbocycles. The number of hydrogen-bond donors (Lipinski definition) is 1. The van der Waals surface area contributed by atoms with E-state index >= 15 is 0 Å².